The number of fused-ring (bicyclic) bond motifs is 1. The minimum absolute atomic E-state index is 0.0544. The highest BCUT2D eigenvalue weighted by molar-refractivity contribution is 5.96. The monoisotopic (exact) mass is 676 g/mol. The highest BCUT2D eigenvalue weighted by atomic mass is 15.1. The molecule has 1 aromatic heterocycles. The van der Waals surface area contributed by atoms with Gasteiger partial charge in [0.25, 0.3) is 0 Å². The maximum absolute atomic E-state index is 6.04. The van der Waals surface area contributed by atoms with E-state index in [4.69, 9.17) is 6.42 Å². The first-order valence-corrected chi connectivity index (χ1v) is 18.7. The fourth-order valence-electron chi connectivity index (χ4n) is 6.29. The lowest BCUT2D eigenvalue weighted by atomic mass is 9.85. The molecule has 266 valence electrons. The van der Waals surface area contributed by atoms with Crippen LogP contribution in [0.25, 0.3) is 28.7 Å². The van der Waals surface area contributed by atoms with Crippen LogP contribution in [0.2, 0.25) is 0 Å². The molecule has 0 saturated heterocycles. The van der Waals surface area contributed by atoms with Crippen LogP contribution >= 0.6 is 0 Å². The van der Waals surface area contributed by atoms with Crippen molar-refractivity contribution >= 4 is 40.1 Å². The number of allylic oxidation sites excluding steroid dienone is 4. The zero-order chi connectivity index (χ0) is 38.0. The van der Waals surface area contributed by atoms with Gasteiger partial charge in [0.1, 0.15) is 0 Å². The van der Waals surface area contributed by atoms with Gasteiger partial charge in [0, 0.05) is 39.3 Å². The number of terminal acetylenes is 1. The van der Waals surface area contributed by atoms with E-state index in [-0.39, 0.29) is 5.41 Å². The van der Waals surface area contributed by atoms with Gasteiger partial charge in [0.2, 0.25) is 0 Å². The first-order chi connectivity index (χ1) is 24.9. The van der Waals surface area contributed by atoms with Crippen LogP contribution in [0.4, 0.5) is 17.1 Å². The predicted molar refractivity (Wildman–Crippen MR) is 230 cm³/mol. The molecule has 2 nitrogen and oxygen atoms in total. The molecule has 1 aliphatic rings. The average Bonchev–Trinajstić information content (AvgIpc) is 3.64. The van der Waals surface area contributed by atoms with Crippen molar-refractivity contribution in [2.24, 2.45) is 5.41 Å². The quantitative estimate of drug-likeness (QED) is 0.156. The van der Waals surface area contributed by atoms with Crippen LogP contribution in [0.3, 0.4) is 0 Å². The normalized spacial score (nSPS) is 13.2. The molecule has 4 aromatic carbocycles. The number of hydrogen-bond donors (Lipinski definition) is 0. The van der Waals surface area contributed by atoms with Crippen LogP contribution in [-0.4, -0.2) is 4.57 Å². The lowest BCUT2D eigenvalue weighted by Gasteiger charge is -2.25. The highest BCUT2D eigenvalue weighted by Crippen LogP contribution is 2.47. The largest absolute Gasteiger partial charge is 0.311 e. The van der Waals surface area contributed by atoms with Gasteiger partial charge in [-0.05, 0) is 89.7 Å². The van der Waals surface area contributed by atoms with Crippen LogP contribution in [0.1, 0.15) is 93.3 Å². The summed E-state index contributed by atoms with van der Waals surface area (Å²) >= 11 is 0. The van der Waals surface area contributed by atoms with Crippen molar-refractivity contribution in [3.8, 4) is 18.0 Å². The van der Waals surface area contributed by atoms with E-state index in [1.165, 1.54) is 17.4 Å². The molecule has 0 unspecified atom stereocenters. The standard InChI is InChI=1S/C40H34N2.C3H8.3C2H6/c1-6-34-29(28-40(4,5)37(34)7-2)27-36-35-21-15-16-22-39(35)42(38(36)8-3)33-25-23-32(24-26-33)41(30-17-11-9-12-18-30)31-19-13-10-14-20-31;1-3-2;3*1-2/h1,7-27H,2-3,28H2,4-5H3;3H2,1-2H3;3*1-2H3/b29-27+;;;;. The van der Waals surface area contributed by atoms with Gasteiger partial charge in [-0.1, -0.05) is 155 Å². The molecule has 0 amide bonds. The number of para-hydroxylation sites is 3. The Kier molecular flexibility index (Phi) is 17.3. The lowest BCUT2D eigenvalue weighted by molar-refractivity contribution is 0.478. The molecule has 51 heavy (non-hydrogen) atoms. The van der Waals surface area contributed by atoms with E-state index in [1.807, 2.05) is 65.8 Å². The average molecular weight is 677 g/mol. The molecule has 0 atom stereocenters. The second-order valence-corrected chi connectivity index (χ2v) is 12.0. The topological polar surface area (TPSA) is 8.17 Å². The number of nitrogens with zero attached hydrogens (tertiary/aromatic N) is 2. The highest BCUT2D eigenvalue weighted by Gasteiger charge is 2.34. The van der Waals surface area contributed by atoms with Crippen molar-refractivity contribution in [3.05, 3.63) is 156 Å². The predicted octanol–water partition coefficient (Wildman–Crippen LogP) is 15.2. The van der Waals surface area contributed by atoms with E-state index in [1.54, 1.807) is 0 Å². The van der Waals surface area contributed by atoms with Gasteiger partial charge >= 0.3 is 0 Å². The van der Waals surface area contributed by atoms with Gasteiger partial charge in [-0.2, -0.15) is 0 Å². The fourth-order valence-corrected chi connectivity index (χ4v) is 6.29. The zero-order valence-electron chi connectivity index (χ0n) is 32.9. The SMILES string of the molecule is C#CC1=C(C=C)C(C)(C)C/C1=C\c1c(C=C)n(-c2ccc(N(c3ccccc3)c3ccccc3)cc2)c2ccccc12.CC.CC.CC.CCC. The van der Waals surface area contributed by atoms with Crippen molar-refractivity contribution in [2.45, 2.75) is 82.1 Å². The molecule has 0 aliphatic heterocycles. The van der Waals surface area contributed by atoms with E-state index in [0.717, 1.165) is 57.1 Å². The molecule has 6 rings (SSSR count). The Hall–Kier alpha value is -5.26. The van der Waals surface area contributed by atoms with Crippen molar-refractivity contribution in [3.63, 3.8) is 0 Å². The Morgan fingerprint density at radius 3 is 1.65 bits per heavy atom. The summed E-state index contributed by atoms with van der Waals surface area (Å²) in [6.07, 6.45) is 14.3. The van der Waals surface area contributed by atoms with Gasteiger partial charge in [-0.15, -0.1) is 6.42 Å². The van der Waals surface area contributed by atoms with Crippen molar-refractivity contribution in [1.82, 2.24) is 4.57 Å². The van der Waals surface area contributed by atoms with E-state index in [0.29, 0.717) is 0 Å². The first-order valence-electron chi connectivity index (χ1n) is 18.7. The van der Waals surface area contributed by atoms with Gasteiger partial charge in [0.05, 0.1) is 11.2 Å². The Labute approximate surface area is 310 Å². The number of rotatable bonds is 7. The molecule has 0 fully saturated rings. The third kappa shape index (κ3) is 9.50. The summed E-state index contributed by atoms with van der Waals surface area (Å²) in [5.41, 5.74) is 10.9. The summed E-state index contributed by atoms with van der Waals surface area (Å²) in [7, 11) is 0. The van der Waals surface area contributed by atoms with Crippen molar-refractivity contribution < 1.29 is 0 Å². The van der Waals surface area contributed by atoms with Gasteiger partial charge < -0.3 is 9.47 Å². The summed E-state index contributed by atoms with van der Waals surface area (Å²) in [6, 6.07) is 38.2. The van der Waals surface area contributed by atoms with Crippen LogP contribution < -0.4 is 4.90 Å². The van der Waals surface area contributed by atoms with Crippen LogP contribution in [0, 0.1) is 17.8 Å². The van der Waals surface area contributed by atoms with Crippen molar-refractivity contribution in [2.75, 3.05) is 4.90 Å². The molecule has 0 bridgehead atoms. The molecular weight excluding hydrogens is 617 g/mol. The molecular formula is C49H60N2. The maximum Gasteiger partial charge on any atom is 0.0541 e. The Morgan fingerprint density at radius 2 is 1.18 bits per heavy atom. The molecule has 0 spiro atoms. The number of hydrogen-bond acceptors (Lipinski definition) is 1. The summed E-state index contributed by atoms with van der Waals surface area (Å²) in [5, 5.41) is 1.17. The maximum atomic E-state index is 6.04. The molecule has 0 radical (unpaired) electrons. The number of aromatic nitrogens is 1. The van der Waals surface area contributed by atoms with Gasteiger partial charge in [-0.25, -0.2) is 0 Å². The fraction of sp³-hybridized carbons (Fsp3) is 0.265. The van der Waals surface area contributed by atoms with E-state index in [2.05, 4.69) is 159 Å². The Balaban J connectivity index is 0.000000923. The Morgan fingerprint density at radius 1 is 0.706 bits per heavy atom. The van der Waals surface area contributed by atoms with E-state index in [9.17, 15) is 0 Å². The third-order valence-electron chi connectivity index (χ3n) is 8.16. The molecule has 1 aliphatic carbocycles. The van der Waals surface area contributed by atoms with Crippen LogP contribution in [-0.2, 0) is 0 Å². The minimum atomic E-state index is -0.0544. The summed E-state index contributed by atoms with van der Waals surface area (Å²) in [4.78, 5) is 2.27. The first kappa shape index (κ1) is 41.9. The second kappa shape index (κ2) is 21.1. The summed E-state index contributed by atoms with van der Waals surface area (Å²) in [5.74, 6) is 2.96. The van der Waals surface area contributed by atoms with Gasteiger partial charge in [0.15, 0.2) is 0 Å². The van der Waals surface area contributed by atoms with E-state index >= 15 is 0 Å². The summed E-state index contributed by atoms with van der Waals surface area (Å²) in [6.45, 7) is 29.0. The Bertz CT molecular complexity index is 1870. The van der Waals surface area contributed by atoms with Crippen molar-refractivity contribution in [1.29, 1.82) is 0 Å². The van der Waals surface area contributed by atoms with Gasteiger partial charge in [-0.3, -0.25) is 0 Å². The molecule has 1 heterocycles. The molecule has 0 N–H and O–H groups in total. The molecule has 5 aromatic rings. The number of anilines is 3. The summed E-state index contributed by atoms with van der Waals surface area (Å²) < 4.78 is 2.29. The lowest BCUT2D eigenvalue weighted by Crippen LogP contribution is -2.09. The third-order valence-corrected chi connectivity index (χ3v) is 8.16. The van der Waals surface area contributed by atoms with E-state index < -0.39 is 0 Å². The molecule has 2 heteroatoms. The smallest absolute Gasteiger partial charge is 0.0541 e. The zero-order valence-corrected chi connectivity index (χ0v) is 32.9. The van der Waals surface area contributed by atoms with Crippen LogP contribution in [0.15, 0.2) is 145 Å². The number of benzene rings is 4. The molecule has 0 saturated carbocycles. The second-order valence-electron chi connectivity index (χ2n) is 12.0. The van der Waals surface area contributed by atoms with Crippen LogP contribution in [0.5, 0.6) is 0 Å². The minimum Gasteiger partial charge on any atom is -0.311 e.